The fraction of sp³-hybridized carbons (Fsp3) is 0.750. The lowest BCUT2D eigenvalue weighted by molar-refractivity contribution is -0.126. The van der Waals surface area contributed by atoms with Crippen molar-refractivity contribution in [3.63, 3.8) is 0 Å². The molecule has 3 amide bonds. The topological polar surface area (TPSA) is 128 Å². The Labute approximate surface area is 109 Å². The van der Waals surface area contributed by atoms with Crippen LogP contribution in [0.15, 0.2) is 0 Å². The molecule has 2 aliphatic rings. The first kappa shape index (κ1) is 14.0. The van der Waals surface area contributed by atoms with Crippen molar-refractivity contribution in [2.24, 2.45) is 0 Å². The Balaban J connectivity index is 2.13. The predicted octanol–water partition coefficient (Wildman–Crippen LogP) is -1.76. The molecular weight excluding hydrogens is 280 g/mol. The Hall–Kier alpha value is -1.43. The average molecular weight is 294 g/mol. The van der Waals surface area contributed by atoms with Gasteiger partial charge in [-0.05, 0) is 12.8 Å². The third kappa shape index (κ3) is 2.78. The molecule has 0 aromatic carbocycles. The molecular formula is C8H14N4O6S. The van der Waals surface area contributed by atoms with Gasteiger partial charge in [0.25, 0.3) is 5.91 Å². The van der Waals surface area contributed by atoms with Gasteiger partial charge < -0.3 is 4.90 Å². The molecule has 0 saturated carbocycles. The lowest BCUT2D eigenvalue weighted by Gasteiger charge is -2.28. The first-order valence-corrected chi connectivity index (χ1v) is 6.93. The number of hydrogen-bond donors (Lipinski definition) is 3. The summed E-state index contributed by atoms with van der Waals surface area (Å²) in [5.74, 6) is -0.386. The zero-order chi connectivity index (χ0) is 14.2. The fourth-order valence-corrected chi connectivity index (χ4v) is 2.70. The van der Waals surface area contributed by atoms with E-state index in [2.05, 4.69) is 15.1 Å². The molecule has 0 aliphatic carbocycles. The van der Waals surface area contributed by atoms with Crippen molar-refractivity contribution in [3.05, 3.63) is 0 Å². The summed E-state index contributed by atoms with van der Waals surface area (Å²) in [4.78, 5) is 24.9. The molecule has 2 atom stereocenters. The Kier molecular flexibility index (Phi) is 3.62. The van der Waals surface area contributed by atoms with Crippen LogP contribution in [0.2, 0.25) is 0 Å². The van der Waals surface area contributed by atoms with Crippen LogP contribution >= 0.6 is 0 Å². The van der Waals surface area contributed by atoms with E-state index in [4.69, 9.17) is 4.55 Å². The predicted molar refractivity (Wildman–Crippen MR) is 60.6 cm³/mol. The lowest BCUT2D eigenvalue weighted by atomic mass is 10.0. The highest BCUT2D eigenvalue weighted by Crippen LogP contribution is 2.30. The quantitative estimate of drug-likeness (QED) is 0.414. The van der Waals surface area contributed by atoms with Gasteiger partial charge in [0.15, 0.2) is 0 Å². The van der Waals surface area contributed by atoms with Crippen LogP contribution in [0.1, 0.15) is 12.8 Å². The first-order chi connectivity index (χ1) is 8.83. The van der Waals surface area contributed by atoms with E-state index in [1.54, 1.807) is 0 Å². The second kappa shape index (κ2) is 4.92. The second-order valence-electron chi connectivity index (χ2n) is 4.25. The number of amides is 3. The Morgan fingerprint density at radius 1 is 1.47 bits per heavy atom. The Morgan fingerprint density at radius 2 is 2.16 bits per heavy atom. The summed E-state index contributed by atoms with van der Waals surface area (Å²) in [5, 5.41) is 0.599. The molecule has 10 nitrogen and oxygen atoms in total. The van der Waals surface area contributed by atoms with Crippen LogP contribution in [0.3, 0.4) is 0 Å². The summed E-state index contributed by atoms with van der Waals surface area (Å²) in [6.07, 6.45) is 0.787. The van der Waals surface area contributed by atoms with Crippen LogP contribution in [0.4, 0.5) is 4.79 Å². The van der Waals surface area contributed by atoms with E-state index in [1.807, 2.05) is 0 Å². The molecule has 2 rings (SSSR count). The van der Waals surface area contributed by atoms with Gasteiger partial charge in [-0.3, -0.25) is 14.8 Å². The summed E-state index contributed by atoms with van der Waals surface area (Å²) in [6.45, 7) is 0.177. The highest BCUT2D eigenvalue weighted by atomic mass is 32.3. The third-order valence-corrected chi connectivity index (χ3v) is 3.40. The molecule has 11 heteroatoms. The van der Waals surface area contributed by atoms with E-state index >= 15 is 0 Å². The summed E-state index contributed by atoms with van der Waals surface area (Å²) in [6, 6.07) is -1.93. The molecule has 0 spiro atoms. The van der Waals surface area contributed by atoms with Gasteiger partial charge >= 0.3 is 16.4 Å². The number of carbonyl (C=O) groups is 2. The Morgan fingerprint density at radius 3 is 2.74 bits per heavy atom. The maximum atomic E-state index is 11.9. The normalized spacial score (nSPS) is 26.7. The minimum Gasteiger partial charge on any atom is -0.309 e. The largest absolute Gasteiger partial charge is 0.418 e. The number of nitrogens with one attached hydrogen (secondary N) is 2. The van der Waals surface area contributed by atoms with Gasteiger partial charge in [-0.2, -0.15) is 13.5 Å². The van der Waals surface area contributed by atoms with Crippen molar-refractivity contribution in [2.45, 2.75) is 24.9 Å². The van der Waals surface area contributed by atoms with Crippen molar-refractivity contribution in [3.8, 4) is 0 Å². The number of carbonyl (C=O) groups excluding carboxylic acids is 2. The van der Waals surface area contributed by atoms with Crippen LogP contribution in [-0.4, -0.2) is 60.5 Å². The van der Waals surface area contributed by atoms with Crippen LogP contribution in [0.5, 0.6) is 0 Å². The van der Waals surface area contributed by atoms with Crippen molar-refractivity contribution in [1.82, 2.24) is 20.8 Å². The number of hydrazine groups is 1. The van der Waals surface area contributed by atoms with Gasteiger partial charge in [-0.25, -0.2) is 10.2 Å². The van der Waals surface area contributed by atoms with E-state index < -0.39 is 28.5 Å². The number of nitrogens with zero attached hydrogens (tertiary/aromatic N) is 2. The second-order valence-corrected chi connectivity index (χ2v) is 5.25. The molecule has 0 aromatic rings. The molecule has 19 heavy (non-hydrogen) atoms. The smallest absolute Gasteiger partial charge is 0.309 e. The molecule has 2 aliphatic heterocycles. The molecule has 2 unspecified atom stereocenters. The minimum absolute atomic E-state index is 0.177. The number of rotatable bonds is 4. The standard InChI is InChI=1S/C8H14N4O6S/c1-9-10-7(13)6-3-2-5-4-11(6)8(14)12(5)18-19(15,16)17/h5-6,9H,2-4H2,1H3,(H,10,13)(H,15,16,17). The number of fused-ring (bicyclic) bond motifs is 2. The average Bonchev–Trinajstić information content (AvgIpc) is 2.53. The van der Waals surface area contributed by atoms with E-state index in [-0.39, 0.29) is 12.5 Å². The highest BCUT2D eigenvalue weighted by Gasteiger charge is 2.49. The van der Waals surface area contributed by atoms with Gasteiger partial charge in [0.05, 0.1) is 6.04 Å². The molecule has 2 heterocycles. The van der Waals surface area contributed by atoms with Gasteiger partial charge in [0.1, 0.15) is 6.04 Å². The molecule has 0 radical (unpaired) electrons. The van der Waals surface area contributed by atoms with Crippen molar-refractivity contribution < 1.29 is 26.8 Å². The molecule has 0 aromatic heterocycles. The van der Waals surface area contributed by atoms with Crippen molar-refractivity contribution in [1.29, 1.82) is 0 Å². The highest BCUT2D eigenvalue weighted by molar-refractivity contribution is 7.80. The first-order valence-electron chi connectivity index (χ1n) is 5.57. The number of hydrogen-bond acceptors (Lipinski definition) is 6. The molecule has 2 saturated heterocycles. The molecule has 2 bridgehead atoms. The number of piperidine rings is 1. The van der Waals surface area contributed by atoms with Crippen LogP contribution in [-0.2, 0) is 19.5 Å². The minimum atomic E-state index is -4.76. The van der Waals surface area contributed by atoms with E-state index in [0.717, 1.165) is 0 Å². The zero-order valence-electron chi connectivity index (χ0n) is 10.1. The fourth-order valence-electron chi connectivity index (χ4n) is 2.31. The zero-order valence-corrected chi connectivity index (χ0v) is 10.9. The van der Waals surface area contributed by atoms with Crippen molar-refractivity contribution >= 4 is 22.3 Å². The van der Waals surface area contributed by atoms with Crippen LogP contribution in [0, 0.1) is 0 Å². The van der Waals surface area contributed by atoms with Crippen LogP contribution < -0.4 is 10.9 Å². The van der Waals surface area contributed by atoms with Gasteiger partial charge in [-0.15, -0.1) is 4.28 Å². The Bertz CT molecular complexity index is 493. The van der Waals surface area contributed by atoms with Gasteiger partial charge in [-0.1, -0.05) is 0 Å². The van der Waals surface area contributed by atoms with E-state index in [0.29, 0.717) is 17.9 Å². The van der Waals surface area contributed by atoms with E-state index in [9.17, 15) is 18.0 Å². The summed E-state index contributed by atoms with van der Waals surface area (Å²) in [7, 11) is -3.24. The SMILES string of the molecule is CNNC(=O)C1CCC2CN1C(=O)N2OS(=O)(=O)O. The monoisotopic (exact) mass is 294 g/mol. The van der Waals surface area contributed by atoms with Crippen molar-refractivity contribution in [2.75, 3.05) is 13.6 Å². The van der Waals surface area contributed by atoms with Gasteiger partial charge in [0.2, 0.25) is 0 Å². The van der Waals surface area contributed by atoms with Crippen LogP contribution in [0.25, 0.3) is 0 Å². The molecule has 3 N–H and O–H groups in total. The maximum Gasteiger partial charge on any atom is 0.418 e. The third-order valence-electron chi connectivity index (χ3n) is 3.05. The van der Waals surface area contributed by atoms with E-state index in [1.165, 1.54) is 11.9 Å². The number of hydroxylamine groups is 2. The lowest BCUT2D eigenvalue weighted by Crippen LogP contribution is -2.52. The van der Waals surface area contributed by atoms with Gasteiger partial charge in [0, 0.05) is 13.6 Å². The molecule has 2 fully saturated rings. The summed E-state index contributed by atoms with van der Waals surface area (Å²) in [5.41, 5.74) is 4.84. The molecule has 108 valence electrons. The summed E-state index contributed by atoms with van der Waals surface area (Å²) >= 11 is 0. The number of urea groups is 1. The maximum absolute atomic E-state index is 11.9. The summed E-state index contributed by atoms with van der Waals surface area (Å²) < 4.78 is 34.2.